The third-order valence-corrected chi connectivity index (χ3v) is 5.42. The lowest BCUT2D eigenvalue weighted by molar-refractivity contribution is -0.127. The lowest BCUT2D eigenvalue weighted by Crippen LogP contribution is -2.49. The van der Waals surface area contributed by atoms with E-state index in [1.54, 1.807) is 26.1 Å². The second-order valence-electron chi connectivity index (χ2n) is 6.07. The monoisotopic (exact) mass is 367 g/mol. The minimum atomic E-state index is -0.620. The Morgan fingerprint density at radius 3 is 2.77 bits per heavy atom. The first-order chi connectivity index (χ1) is 12.5. The smallest absolute Gasteiger partial charge is 0.268 e. The predicted octanol–water partition coefficient (Wildman–Crippen LogP) is 3.07. The van der Waals surface area contributed by atoms with E-state index in [4.69, 9.17) is 4.74 Å². The second-order valence-corrected chi connectivity index (χ2v) is 7.08. The van der Waals surface area contributed by atoms with Gasteiger partial charge in [0.25, 0.3) is 5.91 Å². The van der Waals surface area contributed by atoms with Gasteiger partial charge in [-0.05, 0) is 31.2 Å². The quantitative estimate of drug-likeness (QED) is 0.714. The molecule has 0 fully saturated rings. The van der Waals surface area contributed by atoms with Crippen LogP contribution in [-0.4, -0.2) is 36.5 Å². The number of ether oxygens (including phenoxy) is 1. The zero-order valence-corrected chi connectivity index (χ0v) is 15.2. The molecule has 0 bridgehead atoms. The Morgan fingerprint density at radius 2 is 1.96 bits per heavy atom. The van der Waals surface area contributed by atoms with E-state index < -0.39 is 6.10 Å². The van der Waals surface area contributed by atoms with Crippen molar-refractivity contribution in [3.8, 4) is 5.75 Å². The normalized spacial score (nSPS) is 16.3. The van der Waals surface area contributed by atoms with Crippen LogP contribution in [0, 0.1) is 0 Å². The number of likely N-dealkylation sites (N-methyl/N-ethyl adjacent to an activating group) is 1. The summed E-state index contributed by atoms with van der Waals surface area (Å²) in [6.45, 7) is 1.63. The number of para-hydroxylation sites is 3. The summed E-state index contributed by atoms with van der Waals surface area (Å²) in [5, 5.41) is 0.609. The molecule has 1 aromatic heterocycles. The van der Waals surface area contributed by atoms with Gasteiger partial charge in [-0.1, -0.05) is 35.6 Å². The number of thiazole rings is 1. The highest BCUT2D eigenvalue weighted by molar-refractivity contribution is 7.22. The van der Waals surface area contributed by atoms with Gasteiger partial charge in [0.1, 0.15) is 12.3 Å². The summed E-state index contributed by atoms with van der Waals surface area (Å²) in [5.41, 5.74) is 1.47. The van der Waals surface area contributed by atoms with Crippen LogP contribution in [0.5, 0.6) is 5.75 Å². The van der Waals surface area contributed by atoms with E-state index in [0.29, 0.717) is 16.6 Å². The van der Waals surface area contributed by atoms with Crippen molar-refractivity contribution in [1.82, 2.24) is 4.98 Å². The van der Waals surface area contributed by atoms with Gasteiger partial charge >= 0.3 is 0 Å². The number of anilines is 2. The lowest BCUT2D eigenvalue weighted by Gasteiger charge is -2.33. The van der Waals surface area contributed by atoms with Gasteiger partial charge in [-0.3, -0.25) is 19.4 Å². The SMILES string of the molecule is CC1Oc2ccccc2N(CC(=O)N(C)c2nc3ccccc3s2)C1=O. The van der Waals surface area contributed by atoms with Crippen molar-refractivity contribution in [2.45, 2.75) is 13.0 Å². The highest BCUT2D eigenvalue weighted by atomic mass is 32.1. The average Bonchev–Trinajstić information content (AvgIpc) is 3.08. The Balaban J connectivity index is 1.60. The maximum Gasteiger partial charge on any atom is 0.268 e. The molecule has 1 unspecified atom stereocenters. The van der Waals surface area contributed by atoms with Crippen LogP contribution < -0.4 is 14.5 Å². The van der Waals surface area contributed by atoms with Gasteiger partial charge in [0.15, 0.2) is 11.2 Å². The van der Waals surface area contributed by atoms with Gasteiger partial charge in [0.2, 0.25) is 5.91 Å². The first-order valence-corrected chi connectivity index (χ1v) is 9.05. The van der Waals surface area contributed by atoms with Crippen LogP contribution in [-0.2, 0) is 9.59 Å². The van der Waals surface area contributed by atoms with E-state index >= 15 is 0 Å². The second kappa shape index (κ2) is 6.42. The standard InChI is InChI=1S/C19H17N3O3S/c1-12-18(24)22(14-8-4-5-9-15(14)25-12)11-17(23)21(2)19-20-13-7-3-6-10-16(13)26-19/h3-10,12H,11H2,1-2H3. The van der Waals surface area contributed by atoms with Crippen molar-refractivity contribution in [1.29, 1.82) is 0 Å². The summed E-state index contributed by atoms with van der Waals surface area (Å²) in [6, 6.07) is 15.0. The molecule has 1 aliphatic heterocycles. The molecule has 0 spiro atoms. The Kier molecular flexibility index (Phi) is 4.08. The number of hydrogen-bond donors (Lipinski definition) is 0. The van der Waals surface area contributed by atoms with Crippen molar-refractivity contribution in [2.75, 3.05) is 23.4 Å². The Bertz CT molecular complexity index is 967. The Morgan fingerprint density at radius 1 is 1.23 bits per heavy atom. The fourth-order valence-corrected chi connectivity index (χ4v) is 3.82. The van der Waals surface area contributed by atoms with Crippen LogP contribution >= 0.6 is 11.3 Å². The summed E-state index contributed by atoms with van der Waals surface area (Å²) in [5.74, 6) is 0.172. The topological polar surface area (TPSA) is 62.7 Å². The minimum Gasteiger partial charge on any atom is -0.479 e. The van der Waals surface area contributed by atoms with Crippen LogP contribution in [0.2, 0.25) is 0 Å². The first kappa shape index (κ1) is 16.5. The maximum absolute atomic E-state index is 12.8. The van der Waals surface area contributed by atoms with Gasteiger partial charge in [-0.15, -0.1) is 0 Å². The zero-order chi connectivity index (χ0) is 18.3. The summed E-state index contributed by atoms with van der Waals surface area (Å²) in [6.07, 6.45) is -0.620. The van der Waals surface area contributed by atoms with Gasteiger partial charge in [-0.25, -0.2) is 4.98 Å². The number of carbonyl (C=O) groups excluding carboxylic acids is 2. The molecule has 6 nitrogen and oxygen atoms in total. The molecule has 0 radical (unpaired) electrons. The molecule has 2 amide bonds. The molecular formula is C19H17N3O3S. The van der Waals surface area contributed by atoms with E-state index in [-0.39, 0.29) is 18.4 Å². The van der Waals surface area contributed by atoms with E-state index in [1.165, 1.54) is 21.1 Å². The number of nitrogens with zero attached hydrogens (tertiary/aromatic N) is 3. The third kappa shape index (κ3) is 2.80. The summed E-state index contributed by atoms with van der Waals surface area (Å²) in [4.78, 5) is 32.8. The molecule has 0 saturated heterocycles. The fraction of sp³-hybridized carbons (Fsp3) is 0.211. The molecule has 26 heavy (non-hydrogen) atoms. The molecule has 3 aromatic rings. The molecule has 2 heterocycles. The minimum absolute atomic E-state index is 0.0596. The molecule has 7 heteroatoms. The molecule has 1 atom stereocenters. The highest BCUT2D eigenvalue weighted by Crippen LogP contribution is 2.34. The van der Waals surface area contributed by atoms with Crippen LogP contribution in [0.3, 0.4) is 0 Å². The van der Waals surface area contributed by atoms with Crippen LogP contribution in [0.4, 0.5) is 10.8 Å². The van der Waals surface area contributed by atoms with Gasteiger partial charge < -0.3 is 4.74 Å². The van der Waals surface area contributed by atoms with E-state index in [1.807, 2.05) is 36.4 Å². The van der Waals surface area contributed by atoms with Gasteiger partial charge in [0.05, 0.1) is 15.9 Å². The fourth-order valence-electron chi connectivity index (χ4n) is 2.87. The Labute approximate surface area is 154 Å². The van der Waals surface area contributed by atoms with Crippen molar-refractivity contribution < 1.29 is 14.3 Å². The molecule has 0 saturated carbocycles. The van der Waals surface area contributed by atoms with E-state index in [2.05, 4.69) is 4.98 Å². The molecule has 0 N–H and O–H groups in total. The van der Waals surface area contributed by atoms with E-state index in [9.17, 15) is 9.59 Å². The number of carbonyl (C=O) groups is 2. The van der Waals surface area contributed by atoms with Crippen LogP contribution in [0.15, 0.2) is 48.5 Å². The van der Waals surface area contributed by atoms with Crippen molar-refractivity contribution >= 4 is 44.2 Å². The number of aromatic nitrogens is 1. The third-order valence-electron chi connectivity index (χ3n) is 4.31. The number of hydrogen-bond acceptors (Lipinski definition) is 5. The van der Waals surface area contributed by atoms with Crippen molar-refractivity contribution in [3.63, 3.8) is 0 Å². The van der Waals surface area contributed by atoms with Crippen molar-refractivity contribution in [3.05, 3.63) is 48.5 Å². The molecule has 1 aliphatic rings. The van der Waals surface area contributed by atoms with Gasteiger partial charge in [0, 0.05) is 7.05 Å². The van der Waals surface area contributed by atoms with Crippen LogP contribution in [0.1, 0.15) is 6.92 Å². The average molecular weight is 367 g/mol. The number of benzene rings is 2. The maximum atomic E-state index is 12.8. The number of rotatable bonds is 3. The van der Waals surface area contributed by atoms with Crippen LogP contribution in [0.25, 0.3) is 10.2 Å². The highest BCUT2D eigenvalue weighted by Gasteiger charge is 2.33. The van der Waals surface area contributed by atoms with E-state index in [0.717, 1.165) is 10.2 Å². The molecule has 0 aliphatic carbocycles. The Hall–Kier alpha value is -2.93. The first-order valence-electron chi connectivity index (χ1n) is 8.24. The molecule has 2 aromatic carbocycles. The largest absolute Gasteiger partial charge is 0.479 e. The summed E-state index contributed by atoms with van der Waals surface area (Å²) < 4.78 is 6.63. The zero-order valence-electron chi connectivity index (χ0n) is 14.4. The summed E-state index contributed by atoms with van der Waals surface area (Å²) >= 11 is 1.45. The van der Waals surface area contributed by atoms with Crippen molar-refractivity contribution in [2.24, 2.45) is 0 Å². The summed E-state index contributed by atoms with van der Waals surface area (Å²) in [7, 11) is 1.68. The van der Waals surface area contributed by atoms with Gasteiger partial charge in [-0.2, -0.15) is 0 Å². The lowest BCUT2D eigenvalue weighted by atomic mass is 10.2. The number of fused-ring (bicyclic) bond motifs is 2. The molecule has 4 rings (SSSR count). The predicted molar refractivity (Wildman–Crippen MR) is 102 cm³/mol. The molecule has 132 valence electrons. The molecular weight excluding hydrogens is 350 g/mol. The number of amides is 2.